The van der Waals surface area contributed by atoms with Crippen molar-refractivity contribution in [1.82, 2.24) is 10.6 Å². The molecular weight excluding hydrogens is 302 g/mol. The van der Waals surface area contributed by atoms with E-state index < -0.39 is 6.61 Å². The highest BCUT2D eigenvalue weighted by atomic mass is 35.5. The minimum Gasteiger partial charge on any atom is -0.435 e. The normalized spacial score (nSPS) is 13.2. The van der Waals surface area contributed by atoms with Crippen molar-refractivity contribution in [2.75, 3.05) is 13.6 Å². The predicted molar refractivity (Wildman–Crippen MR) is 80.0 cm³/mol. The Labute approximate surface area is 129 Å². The standard InChI is InChI=1S/C14H20F2N2O2.ClH/c1-9(8-17-3)13(19)18-10(2)11-5-4-6-12(7-11)20-14(15)16;/h4-7,9-10,14,17H,8H2,1-3H3,(H,18,19);1H. The lowest BCUT2D eigenvalue weighted by atomic mass is 10.1. The molecule has 0 spiro atoms. The van der Waals surface area contributed by atoms with Gasteiger partial charge in [-0.25, -0.2) is 0 Å². The molecule has 0 saturated heterocycles. The molecule has 0 aliphatic rings. The summed E-state index contributed by atoms with van der Waals surface area (Å²) in [5.74, 6) is -0.170. The van der Waals surface area contributed by atoms with Crippen molar-refractivity contribution in [2.24, 2.45) is 5.92 Å². The number of rotatable bonds is 7. The van der Waals surface area contributed by atoms with E-state index in [0.717, 1.165) is 0 Å². The lowest BCUT2D eigenvalue weighted by Crippen LogP contribution is -2.35. The molecule has 2 atom stereocenters. The summed E-state index contributed by atoms with van der Waals surface area (Å²) in [5, 5.41) is 5.77. The predicted octanol–water partition coefficient (Wildman–Crippen LogP) is 2.74. The third-order valence-corrected chi connectivity index (χ3v) is 2.90. The van der Waals surface area contributed by atoms with E-state index in [2.05, 4.69) is 15.4 Å². The van der Waals surface area contributed by atoms with Gasteiger partial charge >= 0.3 is 6.61 Å². The van der Waals surface area contributed by atoms with Crippen LogP contribution < -0.4 is 15.4 Å². The summed E-state index contributed by atoms with van der Waals surface area (Å²) in [7, 11) is 1.78. The molecule has 0 heterocycles. The van der Waals surface area contributed by atoms with Crippen LogP contribution in [0.15, 0.2) is 24.3 Å². The SMILES string of the molecule is CNCC(C)C(=O)NC(C)c1cccc(OC(F)F)c1.Cl. The van der Waals surface area contributed by atoms with Crippen LogP contribution in [0.2, 0.25) is 0 Å². The van der Waals surface area contributed by atoms with E-state index in [0.29, 0.717) is 12.1 Å². The quantitative estimate of drug-likeness (QED) is 0.811. The highest BCUT2D eigenvalue weighted by molar-refractivity contribution is 5.85. The zero-order chi connectivity index (χ0) is 15.1. The van der Waals surface area contributed by atoms with E-state index in [1.807, 2.05) is 6.92 Å². The van der Waals surface area contributed by atoms with Gasteiger partial charge in [-0.15, -0.1) is 12.4 Å². The maximum Gasteiger partial charge on any atom is 0.387 e. The van der Waals surface area contributed by atoms with Crippen molar-refractivity contribution in [3.63, 3.8) is 0 Å². The Morgan fingerprint density at radius 1 is 1.33 bits per heavy atom. The molecule has 1 aromatic rings. The molecule has 21 heavy (non-hydrogen) atoms. The number of alkyl halides is 2. The van der Waals surface area contributed by atoms with Gasteiger partial charge in [0, 0.05) is 12.5 Å². The molecular formula is C14H21ClF2N2O2. The van der Waals surface area contributed by atoms with E-state index in [-0.39, 0.29) is 36.0 Å². The molecule has 2 unspecified atom stereocenters. The number of halogens is 3. The van der Waals surface area contributed by atoms with Crippen molar-refractivity contribution in [3.05, 3.63) is 29.8 Å². The monoisotopic (exact) mass is 322 g/mol. The number of carbonyl (C=O) groups is 1. The van der Waals surface area contributed by atoms with Gasteiger partial charge in [-0.05, 0) is 31.7 Å². The zero-order valence-electron chi connectivity index (χ0n) is 12.2. The Morgan fingerprint density at radius 2 is 2.00 bits per heavy atom. The molecule has 4 nitrogen and oxygen atoms in total. The maximum absolute atomic E-state index is 12.2. The number of amides is 1. The van der Waals surface area contributed by atoms with Gasteiger partial charge in [0.2, 0.25) is 5.91 Å². The van der Waals surface area contributed by atoms with Gasteiger partial charge < -0.3 is 15.4 Å². The summed E-state index contributed by atoms with van der Waals surface area (Å²) < 4.78 is 28.7. The summed E-state index contributed by atoms with van der Waals surface area (Å²) in [6, 6.07) is 6.05. The van der Waals surface area contributed by atoms with Gasteiger partial charge in [0.25, 0.3) is 0 Å². The second kappa shape index (κ2) is 9.52. The van der Waals surface area contributed by atoms with E-state index >= 15 is 0 Å². The maximum atomic E-state index is 12.2. The molecule has 120 valence electrons. The molecule has 0 radical (unpaired) electrons. The number of benzene rings is 1. The number of hydrogen-bond donors (Lipinski definition) is 2. The molecule has 2 N–H and O–H groups in total. The molecule has 7 heteroatoms. The Bertz CT molecular complexity index is 447. The van der Waals surface area contributed by atoms with Gasteiger partial charge in [0.15, 0.2) is 0 Å². The van der Waals surface area contributed by atoms with Crippen molar-refractivity contribution in [1.29, 1.82) is 0 Å². The number of ether oxygens (including phenoxy) is 1. The molecule has 1 amide bonds. The summed E-state index contributed by atoms with van der Waals surface area (Å²) in [5.41, 5.74) is 0.716. The number of hydrogen-bond acceptors (Lipinski definition) is 3. The Hall–Kier alpha value is -1.40. The van der Waals surface area contributed by atoms with E-state index in [4.69, 9.17) is 0 Å². The van der Waals surface area contributed by atoms with Crippen LogP contribution in [0.25, 0.3) is 0 Å². The lowest BCUT2D eigenvalue weighted by Gasteiger charge is -2.18. The Balaban J connectivity index is 0.00000400. The third-order valence-electron chi connectivity index (χ3n) is 2.90. The molecule has 0 bridgehead atoms. The van der Waals surface area contributed by atoms with Crippen LogP contribution in [0.5, 0.6) is 5.75 Å². The fourth-order valence-corrected chi connectivity index (χ4v) is 1.80. The van der Waals surface area contributed by atoms with Gasteiger partial charge in [-0.1, -0.05) is 19.1 Å². The third kappa shape index (κ3) is 6.73. The molecule has 0 aromatic heterocycles. The first-order valence-corrected chi connectivity index (χ1v) is 6.43. The Kier molecular flexibility index (Phi) is 8.89. The minimum absolute atomic E-state index is 0. The molecule has 0 aliphatic carbocycles. The average molecular weight is 323 g/mol. The second-order valence-corrected chi connectivity index (χ2v) is 4.64. The Morgan fingerprint density at radius 3 is 2.57 bits per heavy atom. The van der Waals surface area contributed by atoms with Gasteiger partial charge in [0.05, 0.1) is 6.04 Å². The lowest BCUT2D eigenvalue weighted by molar-refractivity contribution is -0.125. The van der Waals surface area contributed by atoms with Crippen LogP contribution in [-0.2, 0) is 4.79 Å². The minimum atomic E-state index is -2.86. The molecule has 0 fully saturated rings. The van der Waals surface area contributed by atoms with Crippen LogP contribution in [0.4, 0.5) is 8.78 Å². The highest BCUT2D eigenvalue weighted by Gasteiger charge is 2.16. The van der Waals surface area contributed by atoms with Crippen LogP contribution in [0.3, 0.4) is 0 Å². The van der Waals surface area contributed by atoms with Crippen LogP contribution in [0.1, 0.15) is 25.5 Å². The largest absolute Gasteiger partial charge is 0.435 e. The molecule has 1 aromatic carbocycles. The number of nitrogens with one attached hydrogen (secondary N) is 2. The first kappa shape index (κ1) is 19.6. The van der Waals surface area contributed by atoms with Crippen LogP contribution >= 0.6 is 12.4 Å². The van der Waals surface area contributed by atoms with E-state index in [1.165, 1.54) is 12.1 Å². The van der Waals surface area contributed by atoms with Crippen molar-refractivity contribution in [2.45, 2.75) is 26.5 Å². The molecule has 0 aliphatic heterocycles. The highest BCUT2D eigenvalue weighted by Crippen LogP contribution is 2.20. The first-order valence-electron chi connectivity index (χ1n) is 6.43. The first-order chi connectivity index (χ1) is 9.43. The van der Waals surface area contributed by atoms with E-state index in [9.17, 15) is 13.6 Å². The number of carbonyl (C=O) groups excluding carboxylic acids is 1. The van der Waals surface area contributed by atoms with Gasteiger partial charge in [-0.3, -0.25) is 4.79 Å². The fourth-order valence-electron chi connectivity index (χ4n) is 1.80. The fraction of sp³-hybridized carbons (Fsp3) is 0.500. The second-order valence-electron chi connectivity index (χ2n) is 4.64. The summed E-state index contributed by atoms with van der Waals surface area (Å²) >= 11 is 0. The van der Waals surface area contributed by atoms with Gasteiger partial charge in [0.1, 0.15) is 5.75 Å². The summed E-state index contributed by atoms with van der Waals surface area (Å²) in [6.07, 6.45) is 0. The van der Waals surface area contributed by atoms with Crippen molar-refractivity contribution in [3.8, 4) is 5.75 Å². The summed E-state index contributed by atoms with van der Waals surface area (Å²) in [4.78, 5) is 11.9. The average Bonchev–Trinajstić information content (AvgIpc) is 2.38. The van der Waals surface area contributed by atoms with Crippen molar-refractivity contribution < 1.29 is 18.3 Å². The van der Waals surface area contributed by atoms with E-state index in [1.54, 1.807) is 26.1 Å². The zero-order valence-corrected chi connectivity index (χ0v) is 13.0. The van der Waals surface area contributed by atoms with Gasteiger partial charge in [-0.2, -0.15) is 8.78 Å². The molecule has 0 saturated carbocycles. The van der Waals surface area contributed by atoms with Crippen molar-refractivity contribution >= 4 is 18.3 Å². The smallest absolute Gasteiger partial charge is 0.387 e. The van der Waals surface area contributed by atoms with Crippen LogP contribution in [-0.4, -0.2) is 26.1 Å². The van der Waals surface area contributed by atoms with Crippen LogP contribution in [0, 0.1) is 5.92 Å². The summed E-state index contributed by atoms with van der Waals surface area (Å²) in [6.45, 7) is 1.33. The topological polar surface area (TPSA) is 50.4 Å². The molecule has 1 rings (SSSR count).